The van der Waals surface area contributed by atoms with E-state index in [0.717, 1.165) is 24.9 Å². The predicted octanol–water partition coefficient (Wildman–Crippen LogP) is 6.23. The zero-order valence-corrected chi connectivity index (χ0v) is 18.7. The Balaban J connectivity index is 1.82. The highest BCUT2D eigenvalue weighted by Gasteiger charge is 2.43. The standard InChI is InChI=1S/C22H23Cl3N2O2/c1-3-20(28)16-12-15(23)6-8-19(16)26-21(29)22(2)9-4-10-27(22)13-14-5-7-17(24)18(25)11-14/h5-8,11-12H,3-4,9-10,13H2,1-2H3,(H,26,29)/t22-/m1/s1. The summed E-state index contributed by atoms with van der Waals surface area (Å²) in [5, 5.41) is 4.44. The number of ketones is 1. The van der Waals surface area contributed by atoms with Crippen LogP contribution in [0.15, 0.2) is 36.4 Å². The average Bonchev–Trinajstić information content (AvgIpc) is 3.07. The summed E-state index contributed by atoms with van der Waals surface area (Å²) in [7, 11) is 0. The molecular formula is C22H23Cl3N2O2. The van der Waals surface area contributed by atoms with Crippen molar-refractivity contribution in [2.24, 2.45) is 0 Å². The van der Waals surface area contributed by atoms with Crippen molar-refractivity contribution < 1.29 is 9.59 Å². The number of halogens is 3. The molecule has 4 nitrogen and oxygen atoms in total. The minimum atomic E-state index is -0.696. The van der Waals surface area contributed by atoms with Crippen LogP contribution >= 0.6 is 34.8 Å². The van der Waals surface area contributed by atoms with Crippen LogP contribution in [0.1, 0.15) is 49.0 Å². The van der Waals surface area contributed by atoms with Gasteiger partial charge in [-0.05, 0) is 62.2 Å². The van der Waals surface area contributed by atoms with Gasteiger partial charge in [0.25, 0.3) is 0 Å². The number of anilines is 1. The number of nitrogens with zero attached hydrogens (tertiary/aromatic N) is 1. The third-order valence-electron chi connectivity index (χ3n) is 5.49. The van der Waals surface area contributed by atoms with Crippen LogP contribution in [0.3, 0.4) is 0 Å². The van der Waals surface area contributed by atoms with Gasteiger partial charge in [0.2, 0.25) is 5.91 Å². The van der Waals surface area contributed by atoms with Crippen LogP contribution in [-0.4, -0.2) is 28.7 Å². The lowest BCUT2D eigenvalue weighted by Gasteiger charge is -2.34. The van der Waals surface area contributed by atoms with Gasteiger partial charge in [0.1, 0.15) is 0 Å². The van der Waals surface area contributed by atoms with E-state index in [1.54, 1.807) is 31.2 Å². The highest BCUT2D eigenvalue weighted by atomic mass is 35.5. The molecule has 3 rings (SSSR count). The summed E-state index contributed by atoms with van der Waals surface area (Å²) in [6, 6.07) is 10.5. The SMILES string of the molecule is CCC(=O)c1cc(Cl)ccc1NC(=O)[C@@]1(C)CCCN1Cc1ccc(Cl)c(Cl)c1. The first-order chi connectivity index (χ1) is 13.7. The van der Waals surface area contributed by atoms with Gasteiger partial charge in [-0.2, -0.15) is 0 Å². The topological polar surface area (TPSA) is 49.4 Å². The van der Waals surface area contributed by atoms with E-state index in [9.17, 15) is 9.59 Å². The fourth-order valence-corrected chi connectivity index (χ4v) is 4.18. The molecule has 0 unspecified atom stereocenters. The molecule has 1 N–H and O–H groups in total. The number of benzene rings is 2. The quantitative estimate of drug-likeness (QED) is 0.527. The fourth-order valence-electron chi connectivity index (χ4n) is 3.69. The maximum atomic E-state index is 13.3. The maximum Gasteiger partial charge on any atom is 0.244 e. The number of amides is 1. The number of hydrogen-bond acceptors (Lipinski definition) is 3. The van der Waals surface area contributed by atoms with E-state index in [1.165, 1.54) is 0 Å². The molecule has 154 valence electrons. The number of Topliss-reactive ketones (excluding diaryl/α,β-unsaturated/α-hetero) is 1. The molecule has 0 saturated carbocycles. The number of likely N-dealkylation sites (tertiary alicyclic amines) is 1. The summed E-state index contributed by atoms with van der Waals surface area (Å²) in [5.41, 5.74) is 1.23. The molecule has 0 aromatic heterocycles. The van der Waals surface area contributed by atoms with Gasteiger partial charge in [-0.25, -0.2) is 0 Å². The molecule has 2 aromatic rings. The third-order valence-corrected chi connectivity index (χ3v) is 6.46. The van der Waals surface area contributed by atoms with Gasteiger partial charge >= 0.3 is 0 Å². The molecule has 1 amide bonds. The largest absolute Gasteiger partial charge is 0.324 e. The van der Waals surface area contributed by atoms with Crippen LogP contribution in [0.2, 0.25) is 15.1 Å². The lowest BCUT2D eigenvalue weighted by atomic mass is 9.96. The van der Waals surface area contributed by atoms with Crippen LogP contribution in [-0.2, 0) is 11.3 Å². The minimum Gasteiger partial charge on any atom is -0.324 e. The molecule has 1 fully saturated rings. The molecule has 29 heavy (non-hydrogen) atoms. The van der Waals surface area contributed by atoms with Gasteiger partial charge in [0.15, 0.2) is 5.78 Å². The van der Waals surface area contributed by atoms with E-state index in [-0.39, 0.29) is 11.7 Å². The molecule has 7 heteroatoms. The molecule has 0 spiro atoms. The Morgan fingerprint density at radius 2 is 1.86 bits per heavy atom. The summed E-state index contributed by atoms with van der Waals surface area (Å²) in [6.07, 6.45) is 1.97. The van der Waals surface area contributed by atoms with Crippen LogP contribution in [0, 0.1) is 0 Å². The number of carbonyl (C=O) groups excluding carboxylic acids is 2. The maximum absolute atomic E-state index is 13.3. The van der Waals surface area contributed by atoms with Crippen LogP contribution in [0.4, 0.5) is 5.69 Å². The number of carbonyl (C=O) groups is 2. The summed E-state index contributed by atoms with van der Waals surface area (Å²) in [4.78, 5) is 27.7. The van der Waals surface area contributed by atoms with Gasteiger partial charge in [-0.1, -0.05) is 47.8 Å². The van der Waals surface area contributed by atoms with Crippen molar-refractivity contribution in [1.29, 1.82) is 0 Å². The van der Waals surface area contributed by atoms with Gasteiger partial charge < -0.3 is 5.32 Å². The van der Waals surface area contributed by atoms with Gasteiger partial charge in [0, 0.05) is 23.6 Å². The Kier molecular flexibility index (Phi) is 6.90. The first-order valence-electron chi connectivity index (χ1n) is 9.58. The zero-order chi connectivity index (χ0) is 21.2. The second-order valence-electron chi connectivity index (χ2n) is 7.47. The molecule has 1 atom stereocenters. The zero-order valence-electron chi connectivity index (χ0n) is 16.4. The van der Waals surface area contributed by atoms with Crippen molar-refractivity contribution in [1.82, 2.24) is 4.90 Å². The summed E-state index contributed by atoms with van der Waals surface area (Å²) < 4.78 is 0. The summed E-state index contributed by atoms with van der Waals surface area (Å²) >= 11 is 18.2. The highest BCUT2D eigenvalue weighted by Crippen LogP contribution is 2.34. The van der Waals surface area contributed by atoms with Crippen molar-refractivity contribution in [2.45, 2.75) is 45.2 Å². The first kappa shape index (κ1) is 22.1. The average molecular weight is 454 g/mol. The molecule has 1 aliphatic rings. The van der Waals surface area contributed by atoms with Gasteiger partial charge in [-0.3, -0.25) is 14.5 Å². The molecule has 2 aromatic carbocycles. The molecule has 0 aliphatic carbocycles. The Labute approximate surface area is 186 Å². The first-order valence-corrected chi connectivity index (χ1v) is 10.7. The lowest BCUT2D eigenvalue weighted by molar-refractivity contribution is -0.125. The molecule has 1 heterocycles. The molecule has 1 saturated heterocycles. The second-order valence-corrected chi connectivity index (χ2v) is 8.72. The van der Waals surface area contributed by atoms with Crippen molar-refractivity contribution in [2.75, 3.05) is 11.9 Å². The molecule has 1 aliphatic heterocycles. The van der Waals surface area contributed by atoms with Crippen molar-refractivity contribution in [3.8, 4) is 0 Å². The summed E-state index contributed by atoms with van der Waals surface area (Å²) in [5.74, 6) is -0.199. The highest BCUT2D eigenvalue weighted by molar-refractivity contribution is 6.42. The van der Waals surface area contributed by atoms with Crippen LogP contribution < -0.4 is 5.32 Å². The van der Waals surface area contributed by atoms with Crippen LogP contribution in [0.25, 0.3) is 0 Å². The lowest BCUT2D eigenvalue weighted by Crippen LogP contribution is -2.50. The smallest absolute Gasteiger partial charge is 0.244 e. The number of hydrogen-bond donors (Lipinski definition) is 1. The molecular weight excluding hydrogens is 431 g/mol. The Morgan fingerprint density at radius 1 is 1.10 bits per heavy atom. The predicted molar refractivity (Wildman–Crippen MR) is 119 cm³/mol. The van der Waals surface area contributed by atoms with Crippen molar-refractivity contribution >= 4 is 52.2 Å². The fraction of sp³-hybridized carbons (Fsp3) is 0.364. The minimum absolute atomic E-state index is 0.0629. The Hall–Kier alpha value is -1.59. The normalized spacial score (nSPS) is 19.3. The summed E-state index contributed by atoms with van der Waals surface area (Å²) in [6.45, 7) is 5.10. The Bertz CT molecular complexity index is 948. The van der Waals surface area contributed by atoms with Gasteiger partial charge in [0.05, 0.1) is 21.3 Å². The van der Waals surface area contributed by atoms with Crippen molar-refractivity contribution in [3.05, 3.63) is 62.6 Å². The van der Waals surface area contributed by atoms with E-state index >= 15 is 0 Å². The van der Waals surface area contributed by atoms with E-state index in [0.29, 0.717) is 39.3 Å². The van der Waals surface area contributed by atoms with E-state index < -0.39 is 5.54 Å². The van der Waals surface area contributed by atoms with E-state index in [1.807, 2.05) is 19.1 Å². The number of rotatable bonds is 6. The number of nitrogens with one attached hydrogen (secondary N) is 1. The molecule has 0 radical (unpaired) electrons. The van der Waals surface area contributed by atoms with Gasteiger partial charge in [-0.15, -0.1) is 0 Å². The Morgan fingerprint density at radius 3 is 2.55 bits per heavy atom. The van der Waals surface area contributed by atoms with Crippen LogP contribution in [0.5, 0.6) is 0 Å². The second kappa shape index (κ2) is 9.05. The third kappa shape index (κ3) is 4.77. The monoisotopic (exact) mass is 452 g/mol. The molecule has 0 bridgehead atoms. The van der Waals surface area contributed by atoms with Crippen molar-refractivity contribution in [3.63, 3.8) is 0 Å². The van der Waals surface area contributed by atoms with E-state index in [4.69, 9.17) is 34.8 Å². The van der Waals surface area contributed by atoms with E-state index in [2.05, 4.69) is 10.2 Å².